The van der Waals surface area contributed by atoms with Crippen LogP contribution in [-0.2, 0) is 24.2 Å². The number of aromatic nitrogens is 3. The molecule has 2 heterocycles. The molecule has 3 aromatic rings. The average molecular weight is 509 g/mol. The van der Waals surface area contributed by atoms with Gasteiger partial charge in [-0.05, 0) is 64.2 Å². The maximum Gasteiger partial charge on any atom is 0.251 e. The van der Waals surface area contributed by atoms with Crippen LogP contribution in [0.3, 0.4) is 0 Å². The minimum atomic E-state index is -0.353. The zero-order valence-corrected chi connectivity index (χ0v) is 21.7. The summed E-state index contributed by atoms with van der Waals surface area (Å²) in [4.78, 5) is 26.6. The maximum atomic E-state index is 12.7. The molecule has 35 heavy (non-hydrogen) atoms. The van der Waals surface area contributed by atoms with E-state index in [1.807, 2.05) is 43.5 Å². The van der Waals surface area contributed by atoms with Gasteiger partial charge < -0.3 is 15.2 Å². The minimum Gasteiger partial charge on any atom is -0.342 e. The van der Waals surface area contributed by atoms with E-state index in [1.54, 1.807) is 6.07 Å². The van der Waals surface area contributed by atoms with Crippen LogP contribution in [0.15, 0.2) is 29.4 Å². The SMILES string of the molecule is CCn1c(SCC(=O)Nc2sc3c(c2C#N)CCCC3)nnc1[C@@H](C)NC(=O)c1cccc(C)c1. The van der Waals surface area contributed by atoms with E-state index in [0.717, 1.165) is 36.8 Å². The van der Waals surface area contributed by atoms with Crippen LogP contribution in [-0.4, -0.2) is 32.3 Å². The van der Waals surface area contributed by atoms with E-state index < -0.39 is 0 Å². The lowest BCUT2D eigenvalue weighted by atomic mass is 9.96. The average Bonchev–Trinajstić information content (AvgIpc) is 3.42. The summed E-state index contributed by atoms with van der Waals surface area (Å²) in [5.74, 6) is 0.426. The molecule has 2 amide bonds. The fourth-order valence-corrected chi connectivity index (χ4v) is 6.29. The zero-order valence-electron chi connectivity index (χ0n) is 20.1. The molecule has 1 atom stereocenters. The predicted molar refractivity (Wildman–Crippen MR) is 138 cm³/mol. The monoisotopic (exact) mass is 508 g/mol. The Morgan fingerprint density at radius 3 is 2.83 bits per heavy atom. The van der Waals surface area contributed by atoms with Gasteiger partial charge in [0, 0.05) is 17.0 Å². The molecule has 0 saturated carbocycles. The largest absolute Gasteiger partial charge is 0.342 e. The molecule has 4 rings (SSSR count). The first-order valence-corrected chi connectivity index (χ1v) is 13.5. The number of amides is 2. The first kappa shape index (κ1) is 24.9. The number of rotatable bonds is 8. The number of carbonyl (C=O) groups excluding carboxylic acids is 2. The summed E-state index contributed by atoms with van der Waals surface area (Å²) >= 11 is 2.81. The van der Waals surface area contributed by atoms with Gasteiger partial charge in [0.1, 0.15) is 11.1 Å². The lowest BCUT2D eigenvalue weighted by Gasteiger charge is -2.15. The second kappa shape index (κ2) is 11.1. The molecular formula is C25H28N6O2S2. The molecule has 0 aliphatic heterocycles. The van der Waals surface area contributed by atoms with Crippen LogP contribution < -0.4 is 10.6 Å². The molecule has 2 N–H and O–H groups in total. The quantitative estimate of drug-likeness (QED) is 0.429. The fourth-order valence-electron chi connectivity index (χ4n) is 4.22. The number of nitrogens with one attached hydrogen (secondary N) is 2. The van der Waals surface area contributed by atoms with Crippen molar-refractivity contribution in [2.45, 2.75) is 64.2 Å². The standard InChI is InChI=1S/C25H28N6O2S2/c1-4-31-22(16(3)27-23(33)17-9-7-8-15(2)12-17)29-30-25(31)34-14-21(32)28-24-19(13-26)18-10-5-6-11-20(18)35-24/h7-9,12,16H,4-6,10-11,14H2,1-3H3,(H,27,33)(H,28,32)/t16-/m1/s1. The first-order valence-electron chi connectivity index (χ1n) is 11.7. The molecule has 182 valence electrons. The molecule has 1 aliphatic rings. The van der Waals surface area contributed by atoms with Gasteiger partial charge in [0.2, 0.25) is 5.91 Å². The number of aryl methyl sites for hydroxylation is 2. The van der Waals surface area contributed by atoms with Gasteiger partial charge in [-0.15, -0.1) is 21.5 Å². The molecule has 0 radical (unpaired) electrons. The van der Waals surface area contributed by atoms with E-state index in [0.29, 0.717) is 33.7 Å². The lowest BCUT2D eigenvalue weighted by Crippen LogP contribution is -2.28. The van der Waals surface area contributed by atoms with Crippen molar-refractivity contribution >= 4 is 39.9 Å². The molecule has 10 heteroatoms. The van der Waals surface area contributed by atoms with Crippen molar-refractivity contribution < 1.29 is 9.59 Å². The minimum absolute atomic E-state index is 0.148. The number of nitriles is 1. The first-order chi connectivity index (χ1) is 16.9. The summed E-state index contributed by atoms with van der Waals surface area (Å²) < 4.78 is 1.91. The Morgan fingerprint density at radius 2 is 2.09 bits per heavy atom. The summed E-state index contributed by atoms with van der Waals surface area (Å²) in [5.41, 5.74) is 3.32. The highest BCUT2D eigenvalue weighted by molar-refractivity contribution is 7.99. The van der Waals surface area contributed by atoms with Crippen molar-refractivity contribution in [3.63, 3.8) is 0 Å². The van der Waals surface area contributed by atoms with E-state index in [9.17, 15) is 14.9 Å². The third-order valence-corrected chi connectivity index (χ3v) is 8.12. The number of hydrogen-bond acceptors (Lipinski definition) is 7. The van der Waals surface area contributed by atoms with Crippen molar-refractivity contribution in [2.24, 2.45) is 0 Å². The number of fused-ring (bicyclic) bond motifs is 1. The number of carbonyl (C=O) groups is 2. The number of hydrogen-bond donors (Lipinski definition) is 2. The third kappa shape index (κ3) is 5.57. The Bertz CT molecular complexity index is 1290. The number of anilines is 1. The molecule has 2 aromatic heterocycles. The van der Waals surface area contributed by atoms with Gasteiger partial charge >= 0.3 is 0 Å². The molecule has 0 spiro atoms. The maximum absolute atomic E-state index is 12.7. The molecule has 0 fully saturated rings. The normalized spacial score (nSPS) is 13.5. The lowest BCUT2D eigenvalue weighted by molar-refractivity contribution is -0.113. The molecule has 0 unspecified atom stereocenters. The second-order valence-electron chi connectivity index (χ2n) is 8.51. The molecule has 0 saturated heterocycles. The van der Waals surface area contributed by atoms with Crippen molar-refractivity contribution in [3.8, 4) is 6.07 Å². The molecular weight excluding hydrogens is 480 g/mol. The molecule has 1 aliphatic carbocycles. The highest BCUT2D eigenvalue weighted by Gasteiger charge is 2.23. The Balaban J connectivity index is 1.39. The number of nitrogens with zero attached hydrogens (tertiary/aromatic N) is 4. The van der Waals surface area contributed by atoms with E-state index in [1.165, 1.54) is 28.0 Å². The summed E-state index contributed by atoms with van der Waals surface area (Å²) in [7, 11) is 0. The Labute approximate surface area is 213 Å². The smallest absolute Gasteiger partial charge is 0.251 e. The van der Waals surface area contributed by atoms with Crippen molar-refractivity contribution in [3.05, 3.63) is 57.2 Å². The van der Waals surface area contributed by atoms with Crippen molar-refractivity contribution in [1.29, 1.82) is 5.26 Å². The number of benzene rings is 1. The van der Waals surface area contributed by atoms with Crippen LogP contribution in [0.5, 0.6) is 0 Å². The molecule has 1 aromatic carbocycles. The van der Waals surface area contributed by atoms with Gasteiger partial charge in [0.15, 0.2) is 11.0 Å². The van der Waals surface area contributed by atoms with E-state index in [2.05, 4.69) is 26.9 Å². The van der Waals surface area contributed by atoms with Gasteiger partial charge in [-0.1, -0.05) is 29.5 Å². The predicted octanol–water partition coefficient (Wildman–Crippen LogP) is 4.64. The Hall–Kier alpha value is -3.16. The van der Waals surface area contributed by atoms with Gasteiger partial charge in [-0.3, -0.25) is 9.59 Å². The number of thioether (sulfide) groups is 1. The van der Waals surface area contributed by atoms with E-state index >= 15 is 0 Å². The summed E-state index contributed by atoms with van der Waals surface area (Å²) in [5, 5.41) is 25.3. The Morgan fingerprint density at radius 1 is 1.29 bits per heavy atom. The van der Waals surface area contributed by atoms with Crippen LogP contribution in [0.25, 0.3) is 0 Å². The summed E-state index contributed by atoms with van der Waals surface area (Å²) in [6.07, 6.45) is 4.08. The molecule has 0 bridgehead atoms. The zero-order chi connectivity index (χ0) is 24.9. The summed E-state index contributed by atoms with van der Waals surface area (Å²) in [6.45, 7) is 6.39. The van der Waals surface area contributed by atoms with Gasteiger partial charge in [-0.25, -0.2) is 0 Å². The molecule has 8 nitrogen and oxygen atoms in total. The van der Waals surface area contributed by atoms with Crippen LogP contribution in [0.1, 0.15) is 70.5 Å². The number of thiophene rings is 1. The fraction of sp³-hybridized carbons (Fsp3) is 0.400. The van der Waals surface area contributed by atoms with Crippen LogP contribution >= 0.6 is 23.1 Å². The van der Waals surface area contributed by atoms with Crippen LogP contribution in [0, 0.1) is 18.3 Å². The third-order valence-electron chi connectivity index (χ3n) is 5.95. The summed E-state index contributed by atoms with van der Waals surface area (Å²) in [6, 6.07) is 9.34. The highest BCUT2D eigenvalue weighted by atomic mass is 32.2. The van der Waals surface area contributed by atoms with Crippen molar-refractivity contribution in [1.82, 2.24) is 20.1 Å². The van der Waals surface area contributed by atoms with Crippen LogP contribution in [0.2, 0.25) is 0 Å². The van der Waals surface area contributed by atoms with Gasteiger partial charge in [-0.2, -0.15) is 5.26 Å². The second-order valence-corrected chi connectivity index (χ2v) is 10.6. The van der Waals surface area contributed by atoms with Crippen LogP contribution in [0.4, 0.5) is 5.00 Å². The van der Waals surface area contributed by atoms with Gasteiger partial charge in [0.05, 0.1) is 17.4 Å². The van der Waals surface area contributed by atoms with Crippen molar-refractivity contribution in [2.75, 3.05) is 11.1 Å². The highest BCUT2D eigenvalue weighted by Crippen LogP contribution is 2.37. The Kier molecular flexibility index (Phi) is 7.88. The topological polar surface area (TPSA) is 113 Å². The van der Waals surface area contributed by atoms with Gasteiger partial charge in [0.25, 0.3) is 5.91 Å². The van der Waals surface area contributed by atoms with E-state index in [-0.39, 0.29) is 23.6 Å². The van der Waals surface area contributed by atoms with E-state index in [4.69, 9.17) is 0 Å².